The number of benzene rings is 2. The molecule has 0 aliphatic heterocycles. The van der Waals surface area contributed by atoms with E-state index in [0.717, 1.165) is 16.8 Å². The number of carbonyl (C=O) groups excluding carboxylic acids is 1. The topological polar surface area (TPSA) is 77.1 Å². The number of rotatable bonds is 4. The summed E-state index contributed by atoms with van der Waals surface area (Å²) in [4.78, 5) is 25.9. The molecule has 2 heterocycles. The molecule has 4 aromatic rings. The van der Waals surface area contributed by atoms with Crippen molar-refractivity contribution in [3.63, 3.8) is 0 Å². The molecule has 6 nitrogen and oxygen atoms in total. The van der Waals surface area contributed by atoms with Gasteiger partial charge in [-0.3, -0.25) is 9.59 Å². The molecule has 0 spiro atoms. The first-order chi connectivity index (χ1) is 14.4. The molecule has 0 aliphatic rings. The van der Waals surface area contributed by atoms with Gasteiger partial charge < -0.3 is 9.73 Å². The number of aryl methyl sites for hydroxylation is 3. The van der Waals surface area contributed by atoms with Crippen LogP contribution >= 0.6 is 0 Å². The molecule has 0 saturated heterocycles. The van der Waals surface area contributed by atoms with Gasteiger partial charge in [-0.2, -0.15) is 5.10 Å². The van der Waals surface area contributed by atoms with Crippen LogP contribution in [0.15, 0.2) is 76.1 Å². The maximum absolute atomic E-state index is 13.1. The van der Waals surface area contributed by atoms with E-state index in [1.165, 1.54) is 6.26 Å². The molecule has 0 radical (unpaired) electrons. The van der Waals surface area contributed by atoms with Crippen LogP contribution in [0.4, 0.5) is 5.82 Å². The number of nitrogens with one attached hydrogen (secondary N) is 1. The third-order valence-electron chi connectivity index (χ3n) is 4.85. The van der Waals surface area contributed by atoms with Crippen molar-refractivity contribution in [2.75, 3.05) is 5.32 Å². The highest BCUT2D eigenvalue weighted by Crippen LogP contribution is 2.28. The van der Waals surface area contributed by atoms with Gasteiger partial charge in [-0.15, -0.1) is 0 Å². The fourth-order valence-electron chi connectivity index (χ4n) is 3.19. The molecule has 30 heavy (non-hydrogen) atoms. The molecule has 0 fully saturated rings. The second kappa shape index (κ2) is 7.83. The summed E-state index contributed by atoms with van der Waals surface area (Å²) in [6.45, 7) is 5.64. The third kappa shape index (κ3) is 3.67. The minimum Gasteiger partial charge on any atom is -0.459 e. The van der Waals surface area contributed by atoms with E-state index in [1.807, 2.05) is 62.4 Å². The zero-order valence-corrected chi connectivity index (χ0v) is 17.0. The van der Waals surface area contributed by atoms with Crippen LogP contribution in [0.1, 0.15) is 27.4 Å². The molecule has 0 saturated carbocycles. The number of nitrogens with zero attached hydrogens (tertiary/aromatic N) is 2. The van der Waals surface area contributed by atoms with Gasteiger partial charge in [0.2, 0.25) is 5.43 Å². The van der Waals surface area contributed by atoms with Crippen LogP contribution in [-0.2, 0) is 0 Å². The standard InChI is InChI=1S/C24H21N3O3/c1-15-6-10-18(11-7-15)21-22(28)17(3)26-27(19-12-8-16(2)9-13-19)23(21)25-24(29)20-5-4-14-30-20/h4-14H,1-3H3,(H,25,29). The fourth-order valence-corrected chi connectivity index (χ4v) is 3.19. The van der Waals surface area contributed by atoms with Crippen LogP contribution in [0, 0.1) is 20.8 Å². The first-order valence-electron chi connectivity index (χ1n) is 9.57. The monoisotopic (exact) mass is 399 g/mol. The van der Waals surface area contributed by atoms with E-state index in [9.17, 15) is 9.59 Å². The quantitative estimate of drug-likeness (QED) is 0.541. The molecule has 1 N–H and O–H groups in total. The van der Waals surface area contributed by atoms with E-state index in [1.54, 1.807) is 23.7 Å². The van der Waals surface area contributed by atoms with Crippen LogP contribution in [-0.4, -0.2) is 15.7 Å². The lowest BCUT2D eigenvalue weighted by molar-refractivity contribution is 0.0996. The van der Waals surface area contributed by atoms with Crippen molar-refractivity contribution in [1.82, 2.24) is 9.78 Å². The van der Waals surface area contributed by atoms with E-state index < -0.39 is 5.91 Å². The molecule has 4 rings (SSSR count). The van der Waals surface area contributed by atoms with Gasteiger partial charge in [0.15, 0.2) is 5.76 Å². The average Bonchev–Trinajstić information content (AvgIpc) is 3.28. The second-order valence-corrected chi connectivity index (χ2v) is 7.18. The predicted octanol–water partition coefficient (Wildman–Crippen LogP) is 4.67. The molecule has 2 aromatic heterocycles. The summed E-state index contributed by atoms with van der Waals surface area (Å²) in [5.41, 5.74) is 4.07. The Morgan fingerprint density at radius 1 is 0.933 bits per heavy atom. The number of carbonyl (C=O) groups is 1. The molecule has 6 heteroatoms. The number of amides is 1. The van der Waals surface area contributed by atoms with Gasteiger partial charge in [0.1, 0.15) is 11.5 Å². The summed E-state index contributed by atoms with van der Waals surface area (Å²) in [7, 11) is 0. The number of aromatic nitrogens is 2. The summed E-state index contributed by atoms with van der Waals surface area (Å²) < 4.78 is 6.81. The van der Waals surface area contributed by atoms with Crippen molar-refractivity contribution < 1.29 is 9.21 Å². The van der Waals surface area contributed by atoms with E-state index >= 15 is 0 Å². The maximum atomic E-state index is 13.1. The first-order valence-corrected chi connectivity index (χ1v) is 9.57. The second-order valence-electron chi connectivity index (χ2n) is 7.18. The van der Waals surface area contributed by atoms with Crippen molar-refractivity contribution in [1.29, 1.82) is 0 Å². The summed E-state index contributed by atoms with van der Waals surface area (Å²) >= 11 is 0. The largest absolute Gasteiger partial charge is 0.459 e. The van der Waals surface area contributed by atoms with Gasteiger partial charge >= 0.3 is 0 Å². The van der Waals surface area contributed by atoms with Crippen LogP contribution in [0.25, 0.3) is 16.8 Å². The van der Waals surface area contributed by atoms with Gasteiger partial charge in [-0.05, 0) is 50.6 Å². The number of anilines is 1. The Morgan fingerprint density at radius 2 is 1.57 bits per heavy atom. The SMILES string of the molecule is Cc1ccc(-c2c(NC(=O)c3ccco3)n(-c3ccc(C)cc3)nc(C)c2=O)cc1. The van der Waals surface area contributed by atoms with Crippen molar-refractivity contribution in [3.8, 4) is 16.8 Å². The highest BCUT2D eigenvalue weighted by Gasteiger charge is 2.21. The molecular formula is C24H21N3O3. The predicted molar refractivity (Wildman–Crippen MR) is 116 cm³/mol. The molecule has 1 amide bonds. The van der Waals surface area contributed by atoms with E-state index in [4.69, 9.17) is 4.42 Å². The van der Waals surface area contributed by atoms with Gasteiger partial charge in [0.25, 0.3) is 5.91 Å². The Bertz CT molecular complexity index is 1250. The van der Waals surface area contributed by atoms with Gasteiger partial charge in [0.05, 0.1) is 17.5 Å². The highest BCUT2D eigenvalue weighted by molar-refractivity contribution is 6.04. The summed E-state index contributed by atoms with van der Waals surface area (Å²) in [6, 6.07) is 18.5. The zero-order valence-electron chi connectivity index (χ0n) is 17.0. The smallest absolute Gasteiger partial charge is 0.292 e. The Kier molecular flexibility index (Phi) is 5.06. The van der Waals surface area contributed by atoms with Crippen molar-refractivity contribution in [3.05, 3.63) is 99.7 Å². The third-order valence-corrected chi connectivity index (χ3v) is 4.85. The lowest BCUT2D eigenvalue weighted by Gasteiger charge is -2.18. The Hall–Kier alpha value is -3.93. The van der Waals surface area contributed by atoms with Crippen LogP contribution < -0.4 is 10.7 Å². The van der Waals surface area contributed by atoms with Crippen LogP contribution in [0.5, 0.6) is 0 Å². The molecule has 0 bridgehead atoms. The first kappa shape index (κ1) is 19.4. The molecule has 150 valence electrons. The van der Waals surface area contributed by atoms with Crippen molar-refractivity contribution >= 4 is 11.7 Å². The normalized spacial score (nSPS) is 10.8. The number of hydrogen-bond donors (Lipinski definition) is 1. The lowest BCUT2D eigenvalue weighted by Crippen LogP contribution is -2.24. The number of hydrogen-bond acceptors (Lipinski definition) is 4. The highest BCUT2D eigenvalue weighted by atomic mass is 16.3. The Balaban J connectivity index is 1.97. The Morgan fingerprint density at radius 3 is 2.17 bits per heavy atom. The van der Waals surface area contributed by atoms with E-state index in [2.05, 4.69) is 10.4 Å². The molecule has 0 unspecified atom stereocenters. The summed E-state index contributed by atoms with van der Waals surface area (Å²) in [5, 5.41) is 7.31. The fraction of sp³-hybridized carbons (Fsp3) is 0.125. The minimum atomic E-state index is -0.459. The lowest BCUT2D eigenvalue weighted by atomic mass is 10.0. The maximum Gasteiger partial charge on any atom is 0.292 e. The van der Waals surface area contributed by atoms with Gasteiger partial charge in [-0.25, -0.2) is 4.68 Å². The summed E-state index contributed by atoms with van der Waals surface area (Å²) in [5.74, 6) is -0.0210. The van der Waals surface area contributed by atoms with Crippen molar-refractivity contribution in [2.45, 2.75) is 20.8 Å². The molecule has 2 aromatic carbocycles. The minimum absolute atomic E-state index is 0.147. The summed E-state index contributed by atoms with van der Waals surface area (Å²) in [6.07, 6.45) is 1.43. The van der Waals surface area contributed by atoms with Crippen molar-refractivity contribution in [2.24, 2.45) is 0 Å². The molecular weight excluding hydrogens is 378 g/mol. The van der Waals surface area contributed by atoms with E-state index in [-0.39, 0.29) is 11.2 Å². The van der Waals surface area contributed by atoms with Crippen LogP contribution in [0.3, 0.4) is 0 Å². The van der Waals surface area contributed by atoms with Gasteiger partial charge in [-0.1, -0.05) is 47.5 Å². The average molecular weight is 399 g/mol. The molecule has 0 atom stereocenters. The number of furan rings is 1. The molecule has 0 aliphatic carbocycles. The van der Waals surface area contributed by atoms with Gasteiger partial charge in [0, 0.05) is 0 Å². The van der Waals surface area contributed by atoms with E-state index in [0.29, 0.717) is 22.6 Å². The Labute approximate surface area is 173 Å². The van der Waals surface area contributed by atoms with Crippen LogP contribution in [0.2, 0.25) is 0 Å². The zero-order chi connectivity index (χ0) is 21.3.